The van der Waals surface area contributed by atoms with Crippen LogP contribution in [0.4, 0.5) is 0 Å². The highest BCUT2D eigenvalue weighted by Crippen LogP contribution is 2.27. The Labute approximate surface area is 104 Å². The van der Waals surface area contributed by atoms with Gasteiger partial charge in [0.1, 0.15) is 0 Å². The summed E-state index contributed by atoms with van der Waals surface area (Å²) in [4.78, 5) is 0. The van der Waals surface area contributed by atoms with Gasteiger partial charge < -0.3 is 5.32 Å². The Balaban J connectivity index is 2.59. The Hall–Kier alpha value is -0.530. The number of halogens is 1. The third-order valence-corrected chi connectivity index (χ3v) is 3.18. The van der Waals surface area contributed by atoms with Gasteiger partial charge in [0.2, 0.25) is 0 Å². The van der Waals surface area contributed by atoms with Gasteiger partial charge in [0.05, 0.1) is 0 Å². The Bertz CT molecular complexity index is 314. The lowest BCUT2D eigenvalue weighted by atomic mass is 9.81. The Morgan fingerprint density at radius 1 is 1.19 bits per heavy atom. The first-order valence-corrected chi connectivity index (χ1v) is 6.29. The quantitative estimate of drug-likeness (QED) is 0.819. The zero-order valence-corrected chi connectivity index (χ0v) is 11.4. The van der Waals surface area contributed by atoms with E-state index in [1.165, 1.54) is 5.56 Å². The average Bonchev–Trinajstić information content (AvgIpc) is 2.17. The van der Waals surface area contributed by atoms with Gasteiger partial charge in [0.15, 0.2) is 0 Å². The lowest BCUT2D eigenvalue weighted by Crippen LogP contribution is -2.29. The first-order chi connectivity index (χ1) is 7.42. The number of hydrogen-bond donors (Lipinski definition) is 1. The van der Waals surface area contributed by atoms with Crippen LogP contribution in [0, 0.1) is 0 Å². The van der Waals surface area contributed by atoms with Crippen LogP contribution in [0.2, 0.25) is 5.02 Å². The van der Waals surface area contributed by atoms with Gasteiger partial charge in [-0.05, 0) is 36.1 Å². The predicted octanol–water partition coefficient (Wildman–Crippen LogP) is 4.01. The van der Waals surface area contributed by atoms with Crippen LogP contribution in [0.25, 0.3) is 0 Å². The second kappa shape index (κ2) is 5.70. The molecule has 90 valence electrons. The predicted molar refractivity (Wildman–Crippen MR) is 72.2 cm³/mol. The molecule has 1 N–H and O–H groups in total. The standard InChI is InChI=1S/C14H22ClN/c1-11(2)16-10-9-14(3,4)12-5-7-13(15)8-6-12/h5-8,11,16H,9-10H2,1-4H3. The van der Waals surface area contributed by atoms with E-state index < -0.39 is 0 Å². The van der Waals surface area contributed by atoms with Crippen LogP contribution in [0.15, 0.2) is 24.3 Å². The van der Waals surface area contributed by atoms with Crippen molar-refractivity contribution in [2.75, 3.05) is 6.54 Å². The number of nitrogens with one attached hydrogen (secondary N) is 1. The van der Waals surface area contributed by atoms with Gasteiger partial charge in [0.25, 0.3) is 0 Å². The molecule has 0 fully saturated rings. The minimum absolute atomic E-state index is 0.201. The zero-order chi connectivity index (χ0) is 12.2. The Morgan fingerprint density at radius 3 is 2.25 bits per heavy atom. The van der Waals surface area contributed by atoms with Gasteiger partial charge in [0, 0.05) is 11.1 Å². The Morgan fingerprint density at radius 2 is 1.75 bits per heavy atom. The number of hydrogen-bond acceptors (Lipinski definition) is 1. The molecule has 0 saturated heterocycles. The van der Waals surface area contributed by atoms with Crippen LogP contribution in [0.5, 0.6) is 0 Å². The molecule has 16 heavy (non-hydrogen) atoms. The molecule has 0 heterocycles. The van der Waals surface area contributed by atoms with Crippen LogP contribution in [0.1, 0.15) is 39.7 Å². The van der Waals surface area contributed by atoms with Crippen molar-refractivity contribution in [2.45, 2.75) is 45.6 Å². The molecule has 1 nitrogen and oxygen atoms in total. The monoisotopic (exact) mass is 239 g/mol. The van der Waals surface area contributed by atoms with E-state index in [1.807, 2.05) is 12.1 Å². The van der Waals surface area contributed by atoms with Crippen LogP contribution < -0.4 is 5.32 Å². The summed E-state index contributed by atoms with van der Waals surface area (Å²) in [7, 11) is 0. The van der Waals surface area contributed by atoms with Crippen molar-refractivity contribution in [3.63, 3.8) is 0 Å². The first kappa shape index (κ1) is 13.5. The van der Waals surface area contributed by atoms with Crippen molar-refractivity contribution in [1.82, 2.24) is 5.32 Å². The molecule has 0 aliphatic carbocycles. The third kappa shape index (κ3) is 4.15. The zero-order valence-electron chi connectivity index (χ0n) is 10.7. The third-order valence-electron chi connectivity index (χ3n) is 2.93. The number of benzene rings is 1. The summed E-state index contributed by atoms with van der Waals surface area (Å²) < 4.78 is 0. The van der Waals surface area contributed by atoms with Gasteiger partial charge in [-0.2, -0.15) is 0 Å². The van der Waals surface area contributed by atoms with Gasteiger partial charge >= 0.3 is 0 Å². The normalized spacial score (nSPS) is 12.1. The van der Waals surface area contributed by atoms with Crippen molar-refractivity contribution in [3.8, 4) is 0 Å². The van der Waals surface area contributed by atoms with Crippen molar-refractivity contribution in [2.24, 2.45) is 0 Å². The van der Waals surface area contributed by atoms with Gasteiger partial charge in [-0.15, -0.1) is 0 Å². The fraction of sp³-hybridized carbons (Fsp3) is 0.571. The molecule has 0 aliphatic heterocycles. The molecule has 0 spiro atoms. The molecule has 1 rings (SSSR count). The highest BCUT2D eigenvalue weighted by atomic mass is 35.5. The smallest absolute Gasteiger partial charge is 0.0406 e. The summed E-state index contributed by atoms with van der Waals surface area (Å²) in [5, 5.41) is 4.26. The second-order valence-corrected chi connectivity index (χ2v) is 5.69. The lowest BCUT2D eigenvalue weighted by molar-refractivity contribution is 0.441. The largest absolute Gasteiger partial charge is 0.315 e. The summed E-state index contributed by atoms with van der Waals surface area (Å²) >= 11 is 5.90. The lowest BCUT2D eigenvalue weighted by Gasteiger charge is -2.26. The SMILES string of the molecule is CC(C)NCCC(C)(C)c1ccc(Cl)cc1. The molecule has 1 aromatic carbocycles. The van der Waals surface area contributed by atoms with E-state index in [0.717, 1.165) is 18.0 Å². The van der Waals surface area contributed by atoms with E-state index in [0.29, 0.717) is 6.04 Å². The van der Waals surface area contributed by atoms with Crippen molar-refractivity contribution in [1.29, 1.82) is 0 Å². The molecule has 0 atom stereocenters. The molecule has 0 unspecified atom stereocenters. The molecule has 1 aromatic rings. The highest BCUT2D eigenvalue weighted by Gasteiger charge is 2.19. The Kier molecular flexibility index (Phi) is 4.82. The summed E-state index contributed by atoms with van der Waals surface area (Å²) in [6.07, 6.45) is 1.13. The minimum atomic E-state index is 0.201. The summed E-state index contributed by atoms with van der Waals surface area (Å²) in [5.74, 6) is 0. The van der Waals surface area contributed by atoms with E-state index in [1.54, 1.807) is 0 Å². The van der Waals surface area contributed by atoms with Gasteiger partial charge in [-0.25, -0.2) is 0 Å². The van der Waals surface area contributed by atoms with E-state index in [-0.39, 0.29) is 5.41 Å². The van der Waals surface area contributed by atoms with E-state index >= 15 is 0 Å². The minimum Gasteiger partial charge on any atom is -0.315 e. The molecule has 0 aliphatic rings. The van der Waals surface area contributed by atoms with Crippen molar-refractivity contribution < 1.29 is 0 Å². The highest BCUT2D eigenvalue weighted by molar-refractivity contribution is 6.30. The number of rotatable bonds is 5. The van der Waals surface area contributed by atoms with Crippen molar-refractivity contribution in [3.05, 3.63) is 34.9 Å². The fourth-order valence-corrected chi connectivity index (χ4v) is 1.84. The average molecular weight is 240 g/mol. The molecular formula is C14H22ClN. The van der Waals surface area contributed by atoms with E-state index in [9.17, 15) is 0 Å². The van der Waals surface area contributed by atoms with Crippen LogP contribution >= 0.6 is 11.6 Å². The maximum absolute atomic E-state index is 5.90. The van der Waals surface area contributed by atoms with Gasteiger partial charge in [-0.1, -0.05) is 51.4 Å². The maximum Gasteiger partial charge on any atom is 0.0406 e. The van der Waals surface area contributed by atoms with Gasteiger partial charge in [-0.3, -0.25) is 0 Å². The summed E-state index contributed by atoms with van der Waals surface area (Å²) in [5.41, 5.74) is 1.55. The molecule has 0 bridgehead atoms. The summed E-state index contributed by atoms with van der Waals surface area (Å²) in [6.45, 7) is 9.95. The van der Waals surface area contributed by atoms with Crippen LogP contribution in [-0.4, -0.2) is 12.6 Å². The molecule has 0 saturated carbocycles. The van der Waals surface area contributed by atoms with E-state index in [4.69, 9.17) is 11.6 Å². The summed E-state index contributed by atoms with van der Waals surface area (Å²) in [6, 6.07) is 8.74. The molecule has 0 radical (unpaired) electrons. The fourth-order valence-electron chi connectivity index (χ4n) is 1.72. The second-order valence-electron chi connectivity index (χ2n) is 5.25. The molecule has 0 amide bonds. The topological polar surface area (TPSA) is 12.0 Å². The first-order valence-electron chi connectivity index (χ1n) is 5.91. The van der Waals surface area contributed by atoms with Crippen LogP contribution in [-0.2, 0) is 5.41 Å². The van der Waals surface area contributed by atoms with Crippen LogP contribution in [0.3, 0.4) is 0 Å². The maximum atomic E-state index is 5.90. The molecule has 2 heteroatoms. The molecule has 0 aromatic heterocycles. The van der Waals surface area contributed by atoms with E-state index in [2.05, 4.69) is 45.1 Å². The molecular weight excluding hydrogens is 218 g/mol. The van der Waals surface area contributed by atoms with Crippen molar-refractivity contribution >= 4 is 11.6 Å².